The zero-order valence-corrected chi connectivity index (χ0v) is 11.9. The van der Waals surface area contributed by atoms with Gasteiger partial charge in [-0.25, -0.2) is 4.79 Å². The second kappa shape index (κ2) is 6.53. The molecular weight excluding hydrogens is 274 g/mol. The van der Waals surface area contributed by atoms with Crippen molar-refractivity contribution in [2.24, 2.45) is 0 Å². The number of anilines is 1. The van der Waals surface area contributed by atoms with Gasteiger partial charge in [0.1, 0.15) is 5.56 Å². The van der Waals surface area contributed by atoms with Crippen LogP contribution in [-0.4, -0.2) is 47.1 Å². The van der Waals surface area contributed by atoms with Crippen LogP contribution >= 0.6 is 0 Å². The van der Waals surface area contributed by atoms with Crippen LogP contribution in [0.2, 0.25) is 0 Å². The topological polar surface area (TPSA) is 95.7 Å². The first-order chi connectivity index (χ1) is 9.99. The molecule has 1 aliphatic heterocycles. The summed E-state index contributed by atoms with van der Waals surface area (Å²) >= 11 is 0. The number of aromatic carboxylic acids is 1. The van der Waals surface area contributed by atoms with E-state index in [1.807, 2.05) is 0 Å². The average molecular weight is 293 g/mol. The van der Waals surface area contributed by atoms with Gasteiger partial charge in [0.2, 0.25) is 0 Å². The molecule has 114 valence electrons. The van der Waals surface area contributed by atoms with Gasteiger partial charge < -0.3 is 15.3 Å². The second-order valence-electron chi connectivity index (χ2n) is 5.31. The summed E-state index contributed by atoms with van der Waals surface area (Å²) in [6.07, 6.45) is 3.49. The van der Waals surface area contributed by atoms with Crippen molar-refractivity contribution in [1.82, 2.24) is 4.90 Å². The van der Waals surface area contributed by atoms with Crippen LogP contribution in [-0.2, 0) is 0 Å². The van der Waals surface area contributed by atoms with Crippen molar-refractivity contribution in [2.45, 2.75) is 25.3 Å². The van der Waals surface area contributed by atoms with E-state index in [1.54, 1.807) is 6.07 Å². The lowest BCUT2D eigenvalue weighted by Crippen LogP contribution is -2.40. The molecule has 1 aliphatic rings. The minimum absolute atomic E-state index is 0.291. The number of carboxylic acids is 1. The summed E-state index contributed by atoms with van der Waals surface area (Å²) in [5, 5.41) is 23.1. The number of rotatable bonds is 5. The number of nitro groups is 1. The van der Waals surface area contributed by atoms with E-state index in [2.05, 4.69) is 17.3 Å². The Morgan fingerprint density at radius 3 is 2.90 bits per heavy atom. The molecule has 0 amide bonds. The highest BCUT2D eigenvalue weighted by Crippen LogP contribution is 2.24. The number of carboxylic acid groups (broad SMARTS) is 1. The van der Waals surface area contributed by atoms with Crippen LogP contribution in [0.1, 0.15) is 29.6 Å². The van der Waals surface area contributed by atoms with Gasteiger partial charge in [0, 0.05) is 24.3 Å². The first kappa shape index (κ1) is 15.2. The number of hydrogen-bond donors (Lipinski definition) is 2. The van der Waals surface area contributed by atoms with Gasteiger partial charge in [-0.15, -0.1) is 0 Å². The van der Waals surface area contributed by atoms with Gasteiger partial charge in [-0.05, 0) is 38.6 Å². The van der Waals surface area contributed by atoms with E-state index >= 15 is 0 Å². The molecule has 1 aromatic carbocycles. The molecule has 0 aromatic heterocycles. The fourth-order valence-electron chi connectivity index (χ4n) is 2.61. The molecule has 7 nitrogen and oxygen atoms in total. The summed E-state index contributed by atoms with van der Waals surface area (Å²) in [5.41, 5.74) is -0.101. The Kier molecular flexibility index (Phi) is 4.74. The van der Waals surface area contributed by atoms with Gasteiger partial charge in [-0.2, -0.15) is 0 Å². The van der Waals surface area contributed by atoms with Crippen LogP contribution in [0.4, 0.5) is 11.4 Å². The van der Waals surface area contributed by atoms with E-state index in [0.717, 1.165) is 13.0 Å². The fourth-order valence-corrected chi connectivity index (χ4v) is 2.61. The molecule has 0 bridgehead atoms. The van der Waals surface area contributed by atoms with Crippen molar-refractivity contribution < 1.29 is 14.8 Å². The Morgan fingerprint density at radius 1 is 1.52 bits per heavy atom. The normalized spacial score (nSPS) is 19.2. The summed E-state index contributed by atoms with van der Waals surface area (Å²) in [4.78, 5) is 23.5. The summed E-state index contributed by atoms with van der Waals surface area (Å²) in [6, 6.07) is 4.52. The first-order valence-electron chi connectivity index (χ1n) is 6.95. The molecule has 1 saturated heterocycles. The Morgan fingerprint density at radius 2 is 2.29 bits per heavy atom. The number of nitrogens with one attached hydrogen (secondary N) is 1. The highest BCUT2D eigenvalue weighted by atomic mass is 16.6. The number of hydrogen-bond acceptors (Lipinski definition) is 5. The van der Waals surface area contributed by atoms with Crippen LogP contribution in [0.5, 0.6) is 0 Å². The number of likely N-dealkylation sites (N-methyl/N-ethyl adjacent to an activating group) is 1. The quantitative estimate of drug-likeness (QED) is 0.638. The lowest BCUT2D eigenvalue weighted by atomic mass is 10.0. The molecule has 2 N–H and O–H groups in total. The van der Waals surface area contributed by atoms with E-state index in [0.29, 0.717) is 18.3 Å². The molecular formula is C14H19N3O4. The van der Waals surface area contributed by atoms with Crippen LogP contribution in [0.15, 0.2) is 18.2 Å². The molecule has 0 aliphatic carbocycles. The second-order valence-corrected chi connectivity index (χ2v) is 5.31. The number of carbonyl (C=O) groups is 1. The summed E-state index contributed by atoms with van der Waals surface area (Å²) in [7, 11) is 2.07. The third kappa shape index (κ3) is 3.69. The van der Waals surface area contributed by atoms with Gasteiger partial charge in [0.25, 0.3) is 5.69 Å². The molecule has 2 rings (SSSR count). The van der Waals surface area contributed by atoms with E-state index in [1.165, 1.54) is 25.0 Å². The molecule has 1 atom stereocenters. The SMILES string of the molecule is CN1CCCCC1CNc1ccc(C(=O)O)c([N+](=O)[O-])c1. The molecule has 1 unspecified atom stereocenters. The van der Waals surface area contributed by atoms with Crippen molar-refractivity contribution in [3.8, 4) is 0 Å². The van der Waals surface area contributed by atoms with Gasteiger partial charge in [-0.1, -0.05) is 6.42 Å². The first-order valence-corrected chi connectivity index (χ1v) is 6.95. The predicted octanol–water partition coefficient (Wildman–Crippen LogP) is 2.19. The third-order valence-corrected chi connectivity index (χ3v) is 3.89. The third-order valence-electron chi connectivity index (χ3n) is 3.89. The van der Waals surface area contributed by atoms with Gasteiger partial charge in [0.15, 0.2) is 0 Å². The van der Waals surface area contributed by atoms with Gasteiger partial charge >= 0.3 is 5.97 Å². The molecule has 1 aromatic rings. The summed E-state index contributed by atoms with van der Waals surface area (Å²) in [5.74, 6) is -1.29. The summed E-state index contributed by atoms with van der Waals surface area (Å²) in [6.45, 7) is 1.75. The zero-order valence-electron chi connectivity index (χ0n) is 11.9. The van der Waals surface area contributed by atoms with Crippen LogP contribution in [0.25, 0.3) is 0 Å². The van der Waals surface area contributed by atoms with Gasteiger partial charge in [-0.3, -0.25) is 10.1 Å². The molecule has 21 heavy (non-hydrogen) atoms. The van der Waals surface area contributed by atoms with Crippen LogP contribution < -0.4 is 5.32 Å². The maximum absolute atomic E-state index is 11.0. The smallest absolute Gasteiger partial charge is 0.342 e. The number of nitrogens with zero attached hydrogens (tertiary/aromatic N) is 2. The van der Waals surface area contributed by atoms with Crippen molar-refractivity contribution in [3.63, 3.8) is 0 Å². The Balaban J connectivity index is 2.08. The van der Waals surface area contributed by atoms with E-state index in [-0.39, 0.29) is 11.3 Å². The summed E-state index contributed by atoms with van der Waals surface area (Å²) < 4.78 is 0. The lowest BCUT2D eigenvalue weighted by Gasteiger charge is -2.32. The highest BCUT2D eigenvalue weighted by Gasteiger charge is 2.21. The fraction of sp³-hybridized carbons (Fsp3) is 0.500. The maximum atomic E-state index is 11.0. The van der Waals surface area contributed by atoms with Crippen molar-refractivity contribution in [1.29, 1.82) is 0 Å². The molecule has 0 saturated carbocycles. The van der Waals surface area contributed by atoms with E-state index in [9.17, 15) is 14.9 Å². The monoisotopic (exact) mass is 293 g/mol. The highest BCUT2D eigenvalue weighted by molar-refractivity contribution is 5.93. The van der Waals surface area contributed by atoms with E-state index in [4.69, 9.17) is 5.11 Å². The van der Waals surface area contributed by atoms with Crippen molar-refractivity contribution in [2.75, 3.05) is 25.5 Å². The number of benzene rings is 1. The number of nitro benzene ring substituents is 1. The minimum Gasteiger partial charge on any atom is -0.477 e. The molecule has 7 heteroatoms. The van der Waals surface area contributed by atoms with Crippen LogP contribution in [0, 0.1) is 10.1 Å². The van der Waals surface area contributed by atoms with Crippen molar-refractivity contribution >= 4 is 17.3 Å². The molecule has 1 heterocycles. The predicted molar refractivity (Wildman–Crippen MR) is 78.8 cm³/mol. The minimum atomic E-state index is -1.29. The standard InChI is InChI=1S/C14H19N3O4/c1-16-7-3-2-4-11(16)9-15-10-5-6-12(14(18)19)13(8-10)17(20)21/h5-6,8,11,15H,2-4,7,9H2,1H3,(H,18,19). The number of piperidine rings is 1. The zero-order chi connectivity index (χ0) is 15.4. The Bertz CT molecular complexity index is 547. The molecule has 1 fully saturated rings. The van der Waals surface area contributed by atoms with E-state index < -0.39 is 10.9 Å². The number of likely N-dealkylation sites (tertiary alicyclic amines) is 1. The van der Waals surface area contributed by atoms with Crippen molar-refractivity contribution in [3.05, 3.63) is 33.9 Å². The van der Waals surface area contributed by atoms with Gasteiger partial charge in [0.05, 0.1) is 4.92 Å². The average Bonchev–Trinajstić information content (AvgIpc) is 2.46. The van der Waals surface area contributed by atoms with Crippen LogP contribution in [0.3, 0.4) is 0 Å². The maximum Gasteiger partial charge on any atom is 0.342 e. The Hall–Kier alpha value is -2.15. The molecule has 0 spiro atoms. The Labute approximate surface area is 122 Å². The largest absolute Gasteiger partial charge is 0.477 e. The lowest BCUT2D eigenvalue weighted by molar-refractivity contribution is -0.385. The molecule has 0 radical (unpaired) electrons.